The summed E-state index contributed by atoms with van der Waals surface area (Å²) in [6.45, 7) is 4.45. The van der Waals surface area contributed by atoms with Crippen molar-refractivity contribution >= 4 is 22.3 Å². The number of aryl methyl sites for hydroxylation is 1. The van der Waals surface area contributed by atoms with Crippen LogP contribution >= 0.6 is 11.3 Å². The van der Waals surface area contributed by atoms with E-state index in [2.05, 4.69) is 6.92 Å². The monoisotopic (exact) mass is 325 g/mol. The van der Waals surface area contributed by atoms with Crippen LogP contribution < -0.4 is 5.73 Å². The molecule has 0 aromatic carbocycles. The molecule has 0 aliphatic carbocycles. The number of hydrogen-bond acceptors (Lipinski definition) is 4. The fourth-order valence-electron chi connectivity index (χ4n) is 2.56. The summed E-state index contributed by atoms with van der Waals surface area (Å²) in [6.07, 6.45) is 13.0. The van der Waals surface area contributed by atoms with Crippen LogP contribution in [0.15, 0.2) is 6.07 Å². The molecule has 1 rings (SSSR count). The molecule has 0 amide bonds. The van der Waals surface area contributed by atoms with E-state index in [0.717, 1.165) is 6.42 Å². The summed E-state index contributed by atoms with van der Waals surface area (Å²) in [7, 11) is 0. The lowest BCUT2D eigenvalue weighted by Crippen LogP contribution is -2.05. The zero-order valence-electron chi connectivity index (χ0n) is 14.2. The Morgan fingerprint density at radius 2 is 1.64 bits per heavy atom. The third-order valence-corrected chi connectivity index (χ3v) is 4.86. The van der Waals surface area contributed by atoms with Crippen molar-refractivity contribution in [3.05, 3.63) is 16.5 Å². The number of hydrogen-bond donors (Lipinski definition) is 1. The van der Waals surface area contributed by atoms with Gasteiger partial charge in [0.05, 0.1) is 12.2 Å². The molecule has 0 aliphatic rings. The summed E-state index contributed by atoms with van der Waals surface area (Å²) in [5.41, 5.74) is 6.44. The predicted molar refractivity (Wildman–Crippen MR) is 95.6 cm³/mol. The number of anilines is 1. The number of nitrogen functional groups attached to an aromatic ring is 1. The zero-order valence-corrected chi connectivity index (χ0v) is 15.0. The van der Waals surface area contributed by atoms with Crippen molar-refractivity contribution in [2.45, 2.75) is 78.1 Å². The molecular formula is C18H31NO2S. The fraction of sp³-hybridized carbons (Fsp3) is 0.722. The minimum absolute atomic E-state index is 0.297. The first-order chi connectivity index (χ1) is 10.7. The molecule has 0 unspecified atom stereocenters. The first-order valence-electron chi connectivity index (χ1n) is 8.74. The first kappa shape index (κ1) is 19.0. The predicted octanol–water partition coefficient (Wildman–Crippen LogP) is 5.58. The van der Waals surface area contributed by atoms with Crippen molar-refractivity contribution in [3.63, 3.8) is 0 Å². The Hall–Kier alpha value is -1.03. The largest absolute Gasteiger partial charge is 0.462 e. The Morgan fingerprint density at radius 3 is 2.23 bits per heavy atom. The zero-order chi connectivity index (χ0) is 16.2. The molecule has 2 N–H and O–H groups in total. The smallest absolute Gasteiger partial charge is 0.341 e. The van der Waals surface area contributed by atoms with E-state index in [1.807, 2.05) is 13.0 Å². The Kier molecular flexibility index (Phi) is 9.96. The number of carbonyl (C=O) groups is 1. The van der Waals surface area contributed by atoms with Gasteiger partial charge in [0, 0.05) is 4.88 Å². The second kappa shape index (κ2) is 11.5. The van der Waals surface area contributed by atoms with Gasteiger partial charge in [-0.15, -0.1) is 11.3 Å². The minimum atomic E-state index is -0.297. The molecule has 4 heteroatoms. The molecule has 0 atom stereocenters. The van der Waals surface area contributed by atoms with Crippen molar-refractivity contribution in [3.8, 4) is 0 Å². The van der Waals surface area contributed by atoms with Crippen LogP contribution in [0.1, 0.15) is 86.9 Å². The fourth-order valence-corrected chi connectivity index (χ4v) is 3.52. The van der Waals surface area contributed by atoms with Crippen LogP contribution in [0.4, 0.5) is 5.00 Å². The summed E-state index contributed by atoms with van der Waals surface area (Å²) in [5.74, 6) is -0.297. The Labute approximate surface area is 139 Å². The summed E-state index contributed by atoms with van der Waals surface area (Å²) >= 11 is 1.52. The van der Waals surface area contributed by atoms with E-state index in [9.17, 15) is 4.79 Å². The van der Waals surface area contributed by atoms with E-state index < -0.39 is 0 Å². The average Bonchev–Trinajstić information content (AvgIpc) is 2.87. The van der Waals surface area contributed by atoms with Crippen LogP contribution in [0.5, 0.6) is 0 Å². The summed E-state index contributed by atoms with van der Waals surface area (Å²) in [6, 6.07) is 1.91. The van der Waals surface area contributed by atoms with Crippen LogP contribution in [-0.2, 0) is 11.2 Å². The third-order valence-electron chi connectivity index (χ3n) is 3.83. The van der Waals surface area contributed by atoms with E-state index >= 15 is 0 Å². The Balaban J connectivity index is 2.15. The number of rotatable bonds is 12. The van der Waals surface area contributed by atoms with E-state index in [1.165, 1.54) is 74.0 Å². The molecule has 0 radical (unpaired) electrons. The topological polar surface area (TPSA) is 52.3 Å². The van der Waals surface area contributed by atoms with Crippen LogP contribution in [-0.4, -0.2) is 12.6 Å². The highest BCUT2D eigenvalue weighted by atomic mass is 32.1. The third kappa shape index (κ3) is 7.30. The first-order valence-corrected chi connectivity index (χ1v) is 9.56. The Morgan fingerprint density at radius 1 is 1.05 bits per heavy atom. The van der Waals surface area contributed by atoms with Crippen LogP contribution in [0, 0.1) is 0 Å². The maximum absolute atomic E-state index is 11.7. The van der Waals surface area contributed by atoms with Gasteiger partial charge in [0.25, 0.3) is 0 Å². The number of esters is 1. The van der Waals surface area contributed by atoms with Gasteiger partial charge in [-0.25, -0.2) is 4.79 Å². The lowest BCUT2D eigenvalue weighted by Gasteiger charge is -2.01. The molecule has 0 bridgehead atoms. The molecule has 0 saturated heterocycles. The molecule has 126 valence electrons. The molecule has 1 heterocycles. The van der Waals surface area contributed by atoms with Gasteiger partial charge in [-0.05, 0) is 25.8 Å². The molecular weight excluding hydrogens is 294 g/mol. The van der Waals surface area contributed by atoms with Gasteiger partial charge >= 0.3 is 5.97 Å². The maximum Gasteiger partial charge on any atom is 0.341 e. The highest BCUT2D eigenvalue weighted by molar-refractivity contribution is 7.16. The van der Waals surface area contributed by atoms with Crippen molar-refractivity contribution in [1.82, 2.24) is 0 Å². The molecule has 0 aliphatic heterocycles. The minimum Gasteiger partial charge on any atom is -0.462 e. The summed E-state index contributed by atoms with van der Waals surface area (Å²) in [5, 5.41) is 0.587. The maximum atomic E-state index is 11.7. The van der Waals surface area contributed by atoms with Crippen molar-refractivity contribution in [2.24, 2.45) is 0 Å². The van der Waals surface area contributed by atoms with Crippen LogP contribution in [0.2, 0.25) is 0 Å². The quantitative estimate of drug-likeness (QED) is 0.403. The van der Waals surface area contributed by atoms with Gasteiger partial charge in [0.2, 0.25) is 0 Å². The van der Waals surface area contributed by atoms with Gasteiger partial charge in [0.1, 0.15) is 5.00 Å². The van der Waals surface area contributed by atoms with E-state index in [0.29, 0.717) is 17.2 Å². The lowest BCUT2D eigenvalue weighted by molar-refractivity contribution is 0.0528. The normalized spacial score (nSPS) is 10.8. The number of thiophene rings is 1. The summed E-state index contributed by atoms with van der Waals surface area (Å²) in [4.78, 5) is 12.9. The van der Waals surface area contributed by atoms with Crippen molar-refractivity contribution < 1.29 is 9.53 Å². The highest BCUT2D eigenvalue weighted by Gasteiger charge is 2.14. The summed E-state index contributed by atoms with van der Waals surface area (Å²) < 4.78 is 5.01. The van der Waals surface area contributed by atoms with Crippen molar-refractivity contribution in [1.29, 1.82) is 0 Å². The van der Waals surface area contributed by atoms with E-state index in [4.69, 9.17) is 10.5 Å². The second-order valence-electron chi connectivity index (χ2n) is 5.79. The molecule has 0 spiro atoms. The molecule has 3 nitrogen and oxygen atoms in total. The van der Waals surface area contributed by atoms with Crippen molar-refractivity contribution in [2.75, 3.05) is 12.3 Å². The lowest BCUT2D eigenvalue weighted by atomic mass is 10.1. The molecule has 22 heavy (non-hydrogen) atoms. The molecule has 1 aromatic rings. The second-order valence-corrected chi connectivity index (χ2v) is 6.96. The van der Waals surface area contributed by atoms with E-state index in [1.54, 1.807) is 0 Å². The average molecular weight is 326 g/mol. The number of unbranched alkanes of at least 4 members (excludes halogenated alkanes) is 8. The molecule has 0 fully saturated rings. The standard InChI is InChI=1S/C18H31NO2S/c1-3-5-6-7-8-9-10-11-12-13-15-14-16(17(19)22-15)18(20)21-4-2/h14H,3-13,19H2,1-2H3. The molecule has 0 saturated carbocycles. The van der Waals surface area contributed by atoms with Crippen LogP contribution in [0.25, 0.3) is 0 Å². The van der Waals surface area contributed by atoms with E-state index in [-0.39, 0.29) is 5.97 Å². The van der Waals surface area contributed by atoms with Gasteiger partial charge in [0.15, 0.2) is 0 Å². The van der Waals surface area contributed by atoms with Gasteiger partial charge in [-0.1, -0.05) is 58.3 Å². The van der Waals surface area contributed by atoms with Crippen LogP contribution in [0.3, 0.4) is 0 Å². The molecule has 1 aromatic heterocycles. The van der Waals surface area contributed by atoms with Gasteiger partial charge in [-0.2, -0.15) is 0 Å². The SMILES string of the molecule is CCCCCCCCCCCc1cc(C(=O)OCC)c(N)s1. The number of ether oxygens (including phenoxy) is 1. The number of nitrogens with two attached hydrogens (primary N) is 1. The Bertz CT molecular complexity index is 429. The number of carbonyl (C=O) groups excluding carboxylic acids is 1. The highest BCUT2D eigenvalue weighted by Crippen LogP contribution is 2.27. The van der Waals surface area contributed by atoms with Gasteiger partial charge in [-0.3, -0.25) is 0 Å². The van der Waals surface area contributed by atoms with Gasteiger partial charge < -0.3 is 10.5 Å².